The first-order valence-electron chi connectivity index (χ1n) is 9.87. The van der Waals surface area contributed by atoms with Crippen molar-refractivity contribution in [3.05, 3.63) is 47.7 Å². The smallest absolute Gasteiger partial charge is 0.257 e. The maximum absolute atomic E-state index is 12.9. The Labute approximate surface area is 160 Å². The van der Waals surface area contributed by atoms with Gasteiger partial charge in [0.1, 0.15) is 5.76 Å². The van der Waals surface area contributed by atoms with Crippen molar-refractivity contribution in [1.29, 1.82) is 0 Å². The first kappa shape index (κ1) is 18.3. The summed E-state index contributed by atoms with van der Waals surface area (Å²) >= 11 is 0. The highest BCUT2D eigenvalue weighted by Crippen LogP contribution is 2.27. The van der Waals surface area contributed by atoms with Crippen molar-refractivity contribution in [3.63, 3.8) is 0 Å². The van der Waals surface area contributed by atoms with Crippen molar-refractivity contribution < 1.29 is 18.7 Å². The maximum atomic E-state index is 12.9. The minimum atomic E-state index is 0.0434. The molecule has 0 saturated carbocycles. The number of carbonyl (C=O) groups is 1. The first-order chi connectivity index (χ1) is 13.2. The summed E-state index contributed by atoms with van der Waals surface area (Å²) < 4.78 is 19.0. The Morgan fingerprint density at radius 2 is 2.15 bits per heavy atom. The van der Waals surface area contributed by atoms with Gasteiger partial charge in [0.25, 0.3) is 5.91 Å². The van der Waals surface area contributed by atoms with Gasteiger partial charge in [-0.15, -0.1) is 0 Å². The zero-order valence-corrected chi connectivity index (χ0v) is 15.9. The van der Waals surface area contributed by atoms with Gasteiger partial charge in [0.15, 0.2) is 0 Å². The topological polar surface area (TPSA) is 56.8 Å². The molecule has 2 aromatic heterocycles. The molecular formula is C21H28N2O4. The van der Waals surface area contributed by atoms with Gasteiger partial charge in [-0.1, -0.05) is 0 Å². The fourth-order valence-corrected chi connectivity index (χ4v) is 4.07. The molecule has 1 amide bonds. The molecule has 6 heteroatoms. The highest BCUT2D eigenvalue weighted by molar-refractivity contribution is 5.95. The Morgan fingerprint density at radius 3 is 2.93 bits per heavy atom. The third-order valence-electron chi connectivity index (χ3n) is 5.71. The molecule has 4 heterocycles. The molecule has 146 valence electrons. The van der Waals surface area contributed by atoms with Crippen LogP contribution in [-0.2, 0) is 16.0 Å². The van der Waals surface area contributed by atoms with Gasteiger partial charge in [-0.2, -0.15) is 0 Å². The number of rotatable bonds is 6. The second-order valence-electron chi connectivity index (χ2n) is 7.56. The molecule has 0 aliphatic carbocycles. The van der Waals surface area contributed by atoms with Crippen molar-refractivity contribution in [2.45, 2.75) is 38.8 Å². The maximum Gasteiger partial charge on any atom is 0.257 e. The number of hydrogen-bond acceptors (Lipinski definition) is 4. The van der Waals surface area contributed by atoms with Gasteiger partial charge in [-0.25, -0.2) is 0 Å². The standard InChI is InChI=1S/C21H28N2O4/c1-16-20(7-12-27-16)21(24)22-13-18-3-2-8-23(18)19(14-22)6-11-26-15-17-4-9-25-10-5-17/h2-3,7-8,12,17,19H,4-6,9-11,13-15H2,1H3. The van der Waals surface area contributed by atoms with E-state index in [4.69, 9.17) is 13.9 Å². The van der Waals surface area contributed by atoms with E-state index in [1.807, 2.05) is 11.8 Å². The number of furan rings is 1. The largest absolute Gasteiger partial charge is 0.469 e. The summed E-state index contributed by atoms with van der Waals surface area (Å²) in [4.78, 5) is 14.8. The van der Waals surface area contributed by atoms with Crippen molar-refractivity contribution in [2.75, 3.05) is 33.0 Å². The minimum absolute atomic E-state index is 0.0434. The van der Waals surface area contributed by atoms with Gasteiger partial charge in [-0.3, -0.25) is 4.79 Å². The quantitative estimate of drug-likeness (QED) is 0.729. The average molecular weight is 372 g/mol. The summed E-state index contributed by atoms with van der Waals surface area (Å²) in [5.41, 5.74) is 1.83. The molecule has 2 aliphatic rings. The molecule has 1 unspecified atom stereocenters. The summed E-state index contributed by atoms with van der Waals surface area (Å²) in [7, 11) is 0. The van der Waals surface area contributed by atoms with Gasteiger partial charge in [0, 0.05) is 44.9 Å². The molecule has 0 aromatic carbocycles. The normalized spacial score (nSPS) is 20.6. The Kier molecular flexibility index (Phi) is 5.64. The number of aryl methyl sites for hydroxylation is 1. The Bertz CT molecular complexity index is 760. The van der Waals surface area contributed by atoms with Gasteiger partial charge >= 0.3 is 0 Å². The van der Waals surface area contributed by atoms with Crippen LogP contribution in [0.15, 0.2) is 35.1 Å². The number of carbonyl (C=O) groups excluding carboxylic acids is 1. The number of amides is 1. The summed E-state index contributed by atoms with van der Waals surface area (Å²) in [6.07, 6.45) is 6.79. The second kappa shape index (κ2) is 8.31. The number of fused-ring (bicyclic) bond motifs is 1. The lowest BCUT2D eigenvalue weighted by Gasteiger charge is -2.35. The van der Waals surface area contributed by atoms with E-state index in [0.29, 0.717) is 36.9 Å². The van der Waals surface area contributed by atoms with Crippen LogP contribution < -0.4 is 0 Å². The van der Waals surface area contributed by atoms with E-state index in [1.54, 1.807) is 12.3 Å². The Hall–Kier alpha value is -2.05. The molecule has 1 atom stereocenters. The molecule has 2 aromatic rings. The molecule has 6 nitrogen and oxygen atoms in total. The van der Waals surface area contributed by atoms with Crippen LogP contribution in [0.25, 0.3) is 0 Å². The van der Waals surface area contributed by atoms with Crippen LogP contribution in [0.3, 0.4) is 0 Å². The van der Waals surface area contributed by atoms with Crippen LogP contribution in [0, 0.1) is 12.8 Å². The van der Waals surface area contributed by atoms with Crippen LogP contribution in [-0.4, -0.2) is 48.3 Å². The van der Waals surface area contributed by atoms with Crippen molar-refractivity contribution >= 4 is 5.91 Å². The molecular weight excluding hydrogens is 344 g/mol. The Morgan fingerprint density at radius 1 is 1.30 bits per heavy atom. The molecule has 1 saturated heterocycles. The van der Waals surface area contributed by atoms with Gasteiger partial charge in [0.2, 0.25) is 0 Å². The molecule has 0 radical (unpaired) electrons. The van der Waals surface area contributed by atoms with Crippen LogP contribution in [0.2, 0.25) is 0 Å². The van der Waals surface area contributed by atoms with Crippen LogP contribution in [0.1, 0.15) is 47.1 Å². The molecule has 0 N–H and O–H groups in total. The summed E-state index contributed by atoms with van der Waals surface area (Å²) in [6.45, 7) is 6.41. The van der Waals surface area contributed by atoms with E-state index in [1.165, 1.54) is 5.69 Å². The molecule has 0 spiro atoms. The van der Waals surface area contributed by atoms with E-state index in [9.17, 15) is 4.79 Å². The summed E-state index contributed by atoms with van der Waals surface area (Å²) in [6, 6.07) is 6.16. The van der Waals surface area contributed by atoms with Crippen LogP contribution >= 0.6 is 0 Å². The third kappa shape index (κ3) is 4.12. The molecule has 2 aliphatic heterocycles. The van der Waals surface area contributed by atoms with Crippen LogP contribution in [0.4, 0.5) is 0 Å². The van der Waals surface area contributed by atoms with E-state index in [-0.39, 0.29) is 11.9 Å². The molecule has 0 bridgehead atoms. The highest BCUT2D eigenvalue weighted by atomic mass is 16.5. The predicted molar refractivity (Wildman–Crippen MR) is 101 cm³/mol. The van der Waals surface area contributed by atoms with Gasteiger partial charge < -0.3 is 23.4 Å². The van der Waals surface area contributed by atoms with Gasteiger partial charge in [0.05, 0.1) is 24.4 Å². The molecule has 27 heavy (non-hydrogen) atoms. The fourth-order valence-electron chi connectivity index (χ4n) is 4.07. The van der Waals surface area contributed by atoms with Crippen molar-refractivity contribution in [2.24, 2.45) is 5.92 Å². The lowest BCUT2D eigenvalue weighted by atomic mass is 10.0. The third-order valence-corrected chi connectivity index (χ3v) is 5.71. The SMILES string of the molecule is Cc1occc1C(=O)N1Cc2cccn2C(CCOCC2CCOCC2)C1. The highest BCUT2D eigenvalue weighted by Gasteiger charge is 2.29. The minimum Gasteiger partial charge on any atom is -0.469 e. The van der Waals surface area contributed by atoms with Gasteiger partial charge in [-0.05, 0) is 50.3 Å². The number of nitrogens with zero attached hydrogens (tertiary/aromatic N) is 2. The zero-order valence-electron chi connectivity index (χ0n) is 15.9. The average Bonchev–Trinajstić information content (AvgIpc) is 3.34. The Balaban J connectivity index is 1.35. The first-order valence-corrected chi connectivity index (χ1v) is 9.87. The van der Waals surface area contributed by atoms with E-state index in [2.05, 4.69) is 22.9 Å². The van der Waals surface area contributed by atoms with Crippen LogP contribution in [0.5, 0.6) is 0 Å². The monoisotopic (exact) mass is 372 g/mol. The lowest BCUT2D eigenvalue weighted by Crippen LogP contribution is -2.41. The lowest BCUT2D eigenvalue weighted by molar-refractivity contribution is 0.0161. The number of aromatic nitrogens is 1. The summed E-state index contributed by atoms with van der Waals surface area (Å²) in [5.74, 6) is 1.34. The second-order valence-corrected chi connectivity index (χ2v) is 7.56. The van der Waals surface area contributed by atoms with E-state index >= 15 is 0 Å². The molecule has 4 rings (SSSR count). The fraction of sp³-hybridized carbons (Fsp3) is 0.571. The zero-order chi connectivity index (χ0) is 18.6. The number of hydrogen-bond donors (Lipinski definition) is 0. The van der Waals surface area contributed by atoms with E-state index < -0.39 is 0 Å². The van der Waals surface area contributed by atoms with E-state index in [0.717, 1.165) is 39.1 Å². The predicted octanol–water partition coefficient (Wildman–Crippen LogP) is 3.42. The van der Waals surface area contributed by atoms with Crippen molar-refractivity contribution in [1.82, 2.24) is 9.47 Å². The number of ether oxygens (including phenoxy) is 2. The molecule has 1 fully saturated rings. The summed E-state index contributed by atoms with van der Waals surface area (Å²) in [5, 5.41) is 0. The van der Waals surface area contributed by atoms with Crippen molar-refractivity contribution in [3.8, 4) is 0 Å².